The summed E-state index contributed by atoms with van der Waals surface area (Å²) in [6, 6.07) is 39.7. The number of hydrogen-bond donors (Lipinski definition) is 0. The summed E-state index contributed by atoms with van der Waals surface area (Å²) in [5, 5.41) is 6.26. The molecule has 5 aromatic heterocycles. The maximum Gasteiger partial charge on any atom is 0.375 e. The van der Waals surface area contributed by atoms with Gasteiger partial charge in [-0.05, 0) is 60.7 Å². The van der Waals surface area contributed by atoms with E-state index in [1.165, 1.54) is 71.2 Å². The van der Waals surface area contributed by atoms with Crippen LogP contribution in [0.2, 0.25) is 0 Å². The van der Waals surface area contributed by atoms with Gasteiger partial charge in [-0.3, -0.25) is 0 Å². The van der Waals surface area contributed by atoms with E-state index in [9.17, 15) is 0 Å². The second kappa shape index (κ2) is 6.29. The minimum absolute atomic E-state index is 0.639. The lowest BCUT2D eigenvalue weighted by molar-refractivity contribution is -0.956. The third-order valence-corrected chi connectivity index (χ3v) is 10.1. The maximum absolute atomic E-state index is 6.90. The third kappa shape index (κ3) is 1.85. The van der Waals surface area contributed by atoms with Crippen LogP contribution >= 0.6 is 0 Å². The molecule has 42 heavy (non-hydrogen) atoms. The Morgan fingerprint density at radius 2 is 1.36 bits per heavy atom. The number of nitrogens with zero attached hydrogens (tertiary/aromatic N) is 4. The van der Waals surface area contributed by atoms with Gasteiger partial charge < -0.3 is 9.14 Å². The molecule has 0 bridgehead atoms. The fourth-order valence-electron chi connectivity index (χ4n) is 8.71. The number of para-hydroxylation sites is 2. The molecule has 1 spiro atoms. The molecule has 0 amide bonds. The van der Waals surface area contributed by atoms with Gasteiger partial charge in [0.1, 0.15) is 22.6 Å². The quantitative estimate of drug-likeness (QED) is 0.150. The van der Waals surface area contributed by atoms with Crippen molar-refractivity contribution in [2.24, 2.45) is 0 Å². The number of ether oxygens (including phenoxy) is 1. The molecular weight excluding hydrogens is 516 g/mol. The van der Waals surface area contributed by atoms with Gasteiger partial charge >= 0.3 is 5.66 Å². The standard InChI is InChI=1S/C37H20N4O/c1-3-11-25-21(8-1)20-28-24-10-7-19-39-35(24)32-27(40(25)28)15-17-29-33(32)37(39)34-30(42-29)16-14-23-22-9-2-4-12-26(22)41(36(23)34)31-13-5-6-18-38(31)37/h1-20H/q+2. The molecule has 5 heteroatoms. The molecule has 1 atom stereocenters. The van der Waals surface area contributed by atoms with Gasteiger partial charge in [0.2, 0.25) is 5.52 Å². The third-order valence-electron chi connectivity index (χ3n) is 10.1. The first kappa shape index (κ1) is 20.2. The van der Waals surface area contributed by atoms with E-state index in [1.807, 2.05) is 0 Å². The SMILES string of the molecule is c1cc[n+]2c(c1)-n1c3ccccc3c3ccc4c(c31)C21c2c(ccc3c2c2c(ccc[n+]21)c1cc2ccccc2n13)O4. The van der Waals surface area contributed by atoms with Crippen molar-refractivity contribution in [1.29, 1.82) is 0 Å². The molecule has 9 aromatic rings. The number of hydrogen-bond acceptors (Lipinski definition) is 1. The summed E-state index contributed by atoms with van der Waals surface area (Å²) in [6.45, 7) is 0. The Morgan fingerprint density at radius 1 is 0.571 bits per heavy atom. The number of benzene rings is 4. The Bertz CT molecular complexity index is 2780. The first-order chi connectivity index (χ1) is 20.9. The Hall–Kier alpha value is -5.68. The van der Waals surface area contributed by atoms with Crippen molar-refractivity contribution >= 4 is 60.0 Å². The average molecular weight is 537 g/mol. The largest absolute Gasteiger partial charge is 0.456 e. The fourth-order valence-corrected chi connectivity index (χ4v) is 8.71. The maximum atomic E-state index is 6.90. The summed E-state index contributed by atoms with van der Waals surface area (Å²) in [6.07, 6.45) is 4.53. The Morgan fingerprint density at radius 3 is 2.33 bits per heavy atom. The summed E-state index contributed by atoms with van der Waals surface area (Å²) in [5.41, 5.74) is 9.11. The smallest absolute Gasteiger partial charge is 0.375 e. The summed E-state index contributed by atoms with van der Waals surface area (Å²) in [5.74, 6) is 2.98. The fraction of sp³-hybridized carbons (Fsp3) is 0.0270. The first-order valence-electron chi connectivity index (χ1n) is 14.5. The Balaban J connectivity index is 1.42. The Labute approximate surface area is 238 Å². The molecule has 3 aliphatic rings. The van der Waals surface area contributed by atoms with Crippen LogP contribution in [0, 0.1) is 0 Å². The zero-order valence-electron chi connectivity index (χ0n) is 22.2. The van der Waals surface area contributed by atoms with E-state index in [1.54, 1.807) is 0 Å². The van der Waals surface area contributed by atoms with E-state index in [0.29, 0.717) is 0 Å². The molecule has 8 heterocycles. The van der Waals surface area contributed by atoms with E-state index in [4.69, 9.17) is 4.74 Å². The van der Waals surface area contributed by atoms with E-state index < -0.39 is 5.66 Å². The van der Waals surface area contributed by atoms with E-state index in [0.717, 1.165) is 17.3 Å². The average Bonchev–Trinajstić information content (AvgIpc) is 3.70. The molecule has 0 N–H and O–H groups in total. The summed E-state index contributed by atoms with van der Waals surface area (Å²) in [4.78, 5) is 0. The topological polar surface area (TPSA) is 26.3 Å². The highest BCUT2D eigenvalue weighted by atomic mass is 16.5. The molecule has 0 saturated heterocycles. The van der Waals surface area contributed by atoms with Crippen molar-refractivity contribution < 1.29 is 13.9 Å². The highest BCUT2D eigenvalue weighted by Gasteiger charge is 2.66. The summed E-state index contributed by atoms with van der Waals surface area (Å²) in [7, 11) is 0. The Kier molecular flexibility index (Phi) is 3.03. The van der Waals surface area contributed by atoms with E-state index >= 15 is 0 Å². The molecule has 0 radical (unpaired) electrons. The van der Waals surface area contributed by atoms with Gasteiger partial charge in [-0.1, -0.05) is 36.4 Å². The molecule has 3 aliphatic heterocycles. The lowest BCUT2D eigenvalue weighted by Crippen LogP contribution is -2.75. The normalized spacial score (nSPS) is 17.3. The lowest BCUT2D eigenvalue weighted by Gasteiger charge is -2.34. The number of rotatable bonds is 0. The zero-order chi connectivity index (χ0) is 26.9. The van der Waals surface area contributed by atoms with E-state index in [2.05, 4.69) is 140 Å². The second-order valence-electron chi connectivity index (χ2n) is 11.8. The van der Waals surface area contributed by atoms with Crippen LogP contribution in [-0.2, 0) is 5.66 Å². The highest BCUT2D eigenvalue weighted by molar-refractivity contribution is 6.17. The van der Waals surface area contributed by atoms with Crippen molar-refractivity contribution in [3.05, 3.63) is 133 Å². The monoisotopic (exact) mass is 536 g/mol. The van der Waals surface area contributed by atoms with E-state index in [-0.39, 0.29) is 0 Å². The lowest BCUT2D eigenvalue weighted by atomic mass is 9.84. The van der Waals surface area contributed by atoms with Crippen molar-refractivity contribution in [1.82, 2.24) is 8.97 Å². The second-order valence-corrected chi connectivity index (χ2v) is 11.8. The van der Waals surface area contributed by atoms with Crippen molar-refractivity contribution in [2.45, 2.75) is 5.66 Å². The number of pyridine rings is 3. The molecule has 0 saturated carbocycles. The van der Waals surface area contributed by atoms with Crippen LogP contribution in [0.5, 0.6) is 11.5 Å². The molecule has 0 aliphatic carbocycles. The van der Waals surface area contributed by atoms with Crippen molar-refractivity contribution in [3.8, 4) is 17.3 Å². The van der Waals surface area contributed by atoms with Gasteiger partial charge in [-0.15, -0.1) is 4.57 Å². The van der Waals surface area contributed by atoms with Gasteiger partial charge in [-0.25, -0.2) is 0 Å². The van der Waals surface area contributed by atoms with Gasteiger partial charge in [0.15, 0.2) is 17.3 Å². The van der Waals surface area contributed by atoms with Crippen LogP contribution in [-0.4, -0.2) is 8.97 Å². The van der Waals surface area contributed by atoms with Gasteiger partial charge in [0.05, 0.1) is 33.5 Å². The van der Waals surface area contributed by atoms with Crippen molar-refractivity contribution in [3.63, 3.8) is 0 Å². The van der Waals surface area contributed by atoms with Gasteiger partial charge in [0, 0.05) is 28.3 Å². The minimum atomic E-state index is -0.639. The molecule has 5 nitrogen and oxygen atoms in total. The van der Waals surface area contributed by atoms with Gasteiger partial charge in [-0.2, -0.15) is 9.13 Å². The van der Waals surface area contributed by atoms with Crippen LogP contribution < -0.4 is 13.9 Å². The molecule has 0 fully saturated rings. The molecule has 12 rings (SSSR count). The summed E-state index contributed by atoms with van der Waals surface area (Å²) >= 11 is 0. The number of fused-ring (bicyclic) bond motifs is 10. The van der Waals surface area contributed by atoms with Crippen molar-refractivity contribution in [2.75, 3.05) is 0 Å². The predicted molar refractivity (Wildman–Crippen MR) is 163 cm³/mol. The van der Waals surface area contributed by atoms with Crippen LogP contribution in [0.4, 0.5) is 0 Å². The highest BCUT2D eigenvalue weighted by Crippen LogP contribution is 2.57. The van der Waals surface area contributed by atoms with Gasteiger partial charge in [0.25, 0.3) is 5.82 Å². The van der Waals surface area contributed by atoms with Crippen LogP contribution in [0.1, 0.15) is 11.1 Å². The molecular formula is C37H20N4O+2. The predicted octanol–water partition coefficient (Wildman–Crippen LogP) is 7.10. The van der Waals surface area contributed by atoms with Crippen LogP contribution in [0.15, 0.2) is 122 Å². The molecule has 1 unspecified atom stereocenters. The first-order valence-corrected chi connectivity index (χ1v) is 14.5. The number of aromatic nitrogens is 4. The minimum Gasteiger partial charge on any atom is -0.456 e. The summed E-state index contributed by atoms with van der Waals surface area (Å²) < 4.78 is 16.8. The van der Waals surface area contributed by atoms with Crippen LogP contribution in [0.3, 0.4) is 0 Å². The molecule has 4 aromatic carbocycles. The molecule has 192 valence electrons. The van der Waals surface area contributed by atoms with Crippen LogP contribution in [0.25, 0.3) is 65.8 Å². The zero-order valence-corrected chi connectivity index (χ0v) is 22.2.